The Labute approximate surface area is 47.8 Å². The molecule has 1 aliphatic carbocycles. The highest BCUT2D eigenvalue weighted by Gasteiger charge is 2.43. The summed E-state index contributed by atoms with van der Waals surface area (Å²) in [6.45, 7) is 1.70. The molecular weight excluding hydrogens is 106 g/mol. The molecule has 0 aromatic carbocycles. The molecule has 0 saturated heterocycles. The summed E-state index contributed by atoms with van der Waals surface area (Å²) in [6, 6.07) is 0. The Morgan fingerprint density at radius 2 is 2.12 bits per heavy atom. The van der Waals surface area contributed by atoms with E-state index >= 15 is 0 Å². The van der Waals surface area contributed by atoms with Gasteiger partial charge in [0.25, 0.3) is 0 Å². The van der Waals surface area contributed by atoms with E-state index in [9.17, 15) is 10.1 Å². The summed E-state index contributed by atoms with van der Waals surface area (Å²) in [5, 5.41) is 10.1. The fourth-order valence-corrected chi connectivity index (χ4v) is 0.871. The molecule has 0 aromatic rings. The van der Waals surface area contributed by atoms with Crippen LogP contribution in [0.15, 0.2) is 0 Å². The van der Waals surface area contributed by atoms with Crippen molar-refractivity contribution in [3.63, 3.8) is 0 Å². The van der Waals surface area contributed by atoms with E-state index in [2.05, 4.69) is 0 Å². The van der Waals surface area contributed by atoms with Gasteiger partial charge in [-0.1, -0.05) is 0 Å². The zero-order valence-corrected chi connectivity index (χ0v) is 4.89. The average molecular weight is 115 g/mol. The first-order valence-corrected chi connectivity index (χ1v) is 2.80. The standard InChI is InChI=1S/C5H9NO2/c1-5(6(7)8)3-2-4-5/h2-4H2,1H3. The first kappa shape index (κ1) is 5.54. The molecule has 0 amide bonds. The highest BCUT2D eigenvalue weighted by molar-refractivity contribution is 4.82. The highest BCUT2D eigenvalue weighted by atomic mass is 16.6. The second kappa shape index (κ2) is 1.44. The van der Waals surface area contributed by atoms with Gasteiger partial charge in [0.2, 0.25) is 5.54 Å². The molecule has 1 fully saturated rings. The predicted octanol–water partition coefficient (Wildman–Crippen LogP) is 1.21. The summed E-state index contributed by atoms with van der Waals surface area (Å²) in [7, 11) is 0. The van der Waals surface area contributed by atoms with Crippen LogP contribution in [0.1, 0.15) is 26.2 Å². The topological polar surface area (TPSA) is 43.1 Å². The summed E-state index contributed by atoms with van der Waals surface area (Å²) in [5.74, 6) is 0. The monoisotopic (exact) mass is 115 g/mol. The molecule has 0 spiro atoms. The Kier molecular flexibility index (Phi) is 0.994. The van der Waals surface area contributed by atoms with Crippen molar-refractivity contribution in [1.82, 2.24) is 0 Å². The number of rotatable bonds is 1. The van der Waals surface area contributed by atoms with Gasteiger partial charge in [-0.05, 0) is 6.42 Å². The number of nitrogens with zero attached hydrogens (tertiary/aromatic N) is 1. The van der Waals surface area contributed by atoms with Crippen molar-refractivity contribution in [2.45, 2.75) is 31.7 Å². The zero-order valence-electron chi connectivity index (χ0n) is 4.89. The Morgan fingerprint density at radius 3 is 2.12 bits per heavy atom. The fraction of sp³-hybridized carbons (Fsp3) is 1.00. The van der Waals surface area contributed by atoms with E-state index in [4.69, 9.17) is 0 Å². The molecule has 0 bridgehead atoms. The third-order valence-electron chi connectivity index (χ3n) is 1.87. The van der Waals surface area contributed by atoms with Crippen LogP contribution in [0.25, 0.3) is 0 Å². The third-order valence-corrected chi connectivity index (χ3v) is 1.87. The second-order valence-electron chi connectivity index (χ2n) is 2.61. The predicted molar refractivity (Wildman–Crippen MR) is 29.3 cm³/mol. The lowest BCUT2D eigenvalue weighted by Crippen LogP contribution is -2.41. The van der Waals surface area contributed by atoms with Gasteiger partial charge >= 0.3 is 0 Å². The Morgan fingerprint density at radius 1 is 1.62 bits per heavy atom. The van der Waals surface area contributed by atoms with Crippen LogP contribution in [0.3, 0.4) is 0 Å². The van der Waals surface area contributed by atoms with E-state index in [1.165, 1.54) is 0 Å². The van der Waals surface area contributed by atoms with Gasteiger partial charge in [-0.2, -0.15) is 0 Å². The van der Waals surface area contributed by atoms with E-state index < -0.39 is 5.54 Å². The molecule has 0 radical (unpaired) electrons. The van der Waals surface area contributed by atoms with Gasteiger partial charge in [0.15, 0.2) is 0 Å². The van der Waals surface area contributed by atoms with Crippen molar-refractivity contribution in [2.24, 2.45) is 0 Å². The number of hydrogen-bond donors (Lipinski definition) is 0. The molecular formula is C5H9NO2. The van der Waals surface area contributed by atoms with Crippen LogP contribution in [-0.4, -0.2) is 10.5 Å². The quantitative estimate of drug-likeness (QED) is 0.380. The molecule has 0 unspecified atom stereocenters. The minimum absolute atomic E-state index is 0.170. The summed E-state index contributed by atoms with van der Waals surface area (Å²) in [5.41, 5.74) is -0.556. The van der Waals surface area contributed by atoms with Crippen LogP contribution in [0.5, 0.6) is 0 Å². The molecule has 0 N–H and O–H groups in total. The Balaban J connectivity index is 2.53. The molecule has 3 heteroatoms. The van der Waals surface area contributed by atoms with E-state index in [1.807, 2.05) is 0 Å². The lowest BCUT2D eigenvalue weighted by atomic mass is 9.79. The second-order valence-corrected chi connectivity index (χ2v) is 2.61. The zero-order chi connectivity index (χ0) is 6.20. The fourth-order valence-electron chi connectivity index (χ4n) is 0.871. The molecule has 0 aromatic heterocycles. The molecule has 0 aliphatic heterocycles. The summed E-state index contributed by atoms with van der Waals surface area (Å²) in [6.07, 6.45) is 2.55. The first-order chi connectivity index (χ1) is 3.65. The summed E-state index contributed by atoms with van der Waals surface area (Å²) in [4.78, 5) is 9.94. The van der Waals surface area contributed by atoms with Gasteiger partial charge in [-0.15, -0.1) is 0 Å². The van der Waals surface area contributed by atoms with Gasteiger partial charge in [0.1, 0.15) is 0 Å². The molecule has 0 heterocycles. The maximum Gasteiger partial charge on any atom is 0.219 e. The lowest BCUT2D eigenvalue weighted by molar-refractivity contribution is -0.580. The van der Waals surface area contributed by atoms with Crippen molar-refractivity contribution in [3.05, 3.63) is 10.1 Å². The van der Waals surface area contributed by atoms with Gasteiger partial charge in [0.05, 0.1) is 0 Å². The van der Waals surface area contributed by atoms with E-state index in [1.54, 1.807) is 6.92 Å². The first-order valence-electron chi connectivity index (χ1n) is 2.80. The van der Waals surface area contributed by atoms with Crippen LogP contribution in [0, 0.1) is 10.1 Å². The largest absolute Gasteiger partial charge is 0.264 e. The van der Waals surface area contributed by atoms with Gasteiger partial charge < -0.3 is 0 Å². The lowest BCUT2D eigenvalue weighted by Gasteiger charge is -2.28. The van der Waals surface area contributed by atoms with Gasteiger partial charge in [-0.3, -0.25) is 10.1 Å². The molecule has 3 nitrogen and oxygen atoms in total. The van der Waals surface area contributed by atoms with Crippen LogP contribution in [0.2, 0.25) is 0 Å². The maximum absolute atomic E-state index is 10.1. The van der Waals surface area contributed by atoms with Crippen molar-refractivity contribution in [1.29, 1.82) is 0 Å². The van der Waals surface area contributed by atoms with E-state index in [0.29, 0.717) is 0 Å². The normalized spacial score (nSPS) is 24.1. The van der Waals surface area contributed by atoms with Crippen molar-refractivity contribution >= 4 is 0 Å². The van der Waals surface area contributed by atoms with Gasteiger partial charge in [-0.25, -0.2) is 0 Å². The van der Waals surface area contributed by atoms with Gasteiger partial charge in [0, 0.05) is 24.7 Å². The molecule has 0 atom stereocenters. The summed E-state index contributed by atoms with van der Waals surface area (Å²) < 4.78 is 0. The molecule has 1 rings (SSSR count). The summed E-state index contributed by atoms with van der Waals surface area (Å²) >= 11 is 0. The smallest absolute Gasteiger partial charge is 0.219 e. The molecule has 8 heavy (non-hydrogen) atoms. The van der Waals surface area contributed by atoms with Crippen LogP contribution in [-0.2, 0) is 0 Å². The number of hydrogen-bond acceptors (Lipinski definition) is 2. The maximum atomic E-state index is 10.1. The van der Waals surface area contributed by atoms with Crippen molar-refractivity contribution in [2.75, 3.05) is 0 Å². The molecule has 46 valence electrons. The van der Waals surface area contributed by atoms with Crippen LogP contribution in [0.4, 0.5) is 0 Å². The number of nitro groups is 1. The third kappa shape index (κ3) is 0.582. The SMILES string of the molecule is CC1([N+](=O)[O-])CCC1. The van der Waals surface area contributed by atoms with Crippen molar-refractivity contribution in [3.8, 4) is 0 Å². The minimum atomic E-state index is -0.556. The van der Waals surface area contributed by atoms with E-state index in [-0.39, 0.29) is 4.92 Å². The molecule has 1 saturated carbocycles. The van der Waals surface area contributed by atoms with Crippen LogP contribution < -0.4 is 0 Å². The minimum Gasteiger partial charge on any atom is -0.264 e. The van der Waals surface area contributed by atoms with E-state index in [0.717, 1.165) is 19.3 Å². The van der Waals surface area contributed by atoms with Crippen LogP contribution >= 0.6 is 0 Å². The highest BCUT2D eigenvalue weighted by Crippen LogP contribution is 2.33. The molecule has 1 aliphatic rings. The average Bonchev–Trinajstić information content (AvgIpc) is 1.60. The van der Waals surface area contributed by atoms with Crippen molar-refractivity contribution < 1.29 is 4.92 Å². The Hall–Kier alpha value is -0.600. The Bertz CT molecular complexity index is 118.